The fraction of sp³-hybridized carbons (Fsp3) is 0.368. The standard InChI is InChI=1S/C19H18F4OS/c1-2-25-15-10-8-13(17(21)19(15)23)12-7-9-14(18(22)16(12)20)24-11-5-3-4-6-11/h7-11H,2-6H2,1H3. The first kappa shape index (κ1) is 18.1. The smallest absolute Gasteiger partial charge is 0.201 e. The molecule has 2 aromatic carbocycles. The van der Waals surface area contributed by atoms with Crippen LogP contribution in [-0.2, 0) is 0 Å². The van der Waals surface area contributed by atoms with E-state index in [9.17, 15) is 17.6 Å². The van der Waals surface area contributed by atoms with Crippen LogP contribution in [0, 0.1) is 23.3 Å². The quantitative estimate of drug-likeness (QED) is 0.448. The Morgan fingerprint density at radius 3 is 2.12 bits per heavy atom. The van der Waals surface area contributed by atoms with Crippen LogP contribution in [0.15, 0.2) is 29.2 Å². The van der Waals surface area contributed by atoms with Crippen LogP contribution in [0.3, 0.4) is 0 Å². The highest BCUT2D eigenvalue weighted by atomic mass is 32.2. The van der Waals surface area contributed by atoms with E-state index in [0.29, 0.717) is 5.75 Å². The fourth-order valence-corrected chi connectivity index (χ4v) is 3.71. The third-order valence-corrected chi connectivity index (χ3v) is 5.19. The number of rotatable bonds is 5. The number of hydrogen-bond donors (Lipinski definition) is 0. The van der Waals surface area contributed by atoms with E-state index in [4.69, 9.17) is 4.74 Å². The zero-order valence-electron chi connectivity index (χ0n) is 13.8. The van der Waals surface area contributed by atoms with Crippen LogP contribution in [0.25, 0.3) is 11.1 Å². The predicted molar refractivity (Wildman–Crippen MR) is 91.0 cm³/mol. The van der Waals surface area contributed by atoms with Crippen LogP contribution in [0.4, 0.5) is 17.6 Å². The number of ether oxygens (including phenoxy) is 1. The van der Waals surface area contributed by atoms with Crippen LogP contribution in [-0.4, -0.2) is 11.9 Å². The Kier molecular flexibility index (Phi) is 5.57. The first-order chi connectivity index (χ1) is 12.0. The van der Waals surface area contributed by atoms with Crippen molar-refractivity contribution >= 4 is 11.8 Å². The lowest BCUT2D eigenvalue weighted by molar-refractivity contribution is 0.198. The summed E-state index contributed by atoms with van der Waals surface area (Å²) >= 11 is 1.14. The van der Waals surface area contributed by atoms with Crippen molar-refractivity contribution in [1.29, 1.82) is 0 Å². The summed E-state index contributed by atoms with van der Waals surface area (Å²) in [6.07, 6.45) is 3.48. The predicted octanol–water partition coefficient (Wildman–Crippen LogP) is 6.34. The number of benzene rings is 2. The largest absolute Gasteiger partial charge is 0.487 e. The summed E-state index contributed by atoms with van der Waals surface area (Å²) < 4.78 is 62.6. The summed E-state index contributed by atoms with van der Waals surface area (Å²) in [4.78, 5) is 0.144. The van der Waals surface area contributed by atoms with Crippen molar-refractivity contribution in [3.63, 3.8) is 0 Å². The Balaban J connectivity index is 1.95. The second-order valence-electron chi connectivity index (χ2n) is 5.94. The van der Waals surface area contributed by atoms with Crippen molar-refractivity contribution in [2.24, 2.45) is 0 Å². The summed E-state index contributed by atoms with van der Waals surface area (Å²) in [6, 6.07) is 5.15. The second-order valence-corrected chi connectivity index (χ2v) is 7.24. The van der Waals surface area contributed by atoms with Gasteiger partial charge in [0.2, 0.25) is 5.82 Å². The highest BCUT2D eigenvalue weighted by molar-refractivity contribution is 7.99. The summed E-state index contributed by atoms with van der Waals surface area (Å²) in [7, 11) is 0. The number of hydrogen-bond acceptors (Lipinski definition) is 2. The van der Waals surface area contributed by atoms with Gasteiger partial charge in [0.1, 0.15) is 0 Å². The van der Waals surface area contributed by atoms with Crippen molar-refractivity contribution < 1.29 is 22.3 Å². The number of halogens is 4. The summed E-state index contributed by atoms with van der Waals surface area (Å²) in [5.74, 6) is -4.24. The monoisotopic (exact) mass is 370 g/mol. The minimum Gasteiger partial charge on any atom is -0.487 e. The Morgan fingerprint density at radius 1 is 0.880 bits per heavy atom. The van der Waals surface area contributed by atoms with E-state index in [-0.39, 0.29) is 27.9 Å². The third-order valence-electron chi connectivity index (χ3n) is 4.28. The van der Waals surface area contributed by atoms with E-state index >= 15 is 0 Å². The van der Waals surface area contributed by atoms with E-state index in [2.05, 4.69) is 0 Å². The van der Waals surface area contributed by atoms with Gasteiger partial charge < -0.3 is 4.74 Å². The Hall–Kier alpha value is -1.69. The van der Waals surface area contributed by atoms with Gasteiger partial charge in [0.15, 0.2) is 23.2 Å². The third kappa shape index (κ3) is 3.64. The highest BCUT2D eigenvalue weighted by Crippen LogP contribution is 2.36. The average molecular weight is 370 g/mol. The molecule has 0 N–H and O–H groups in total. The topological polar surface area (TPSA) is 9.23 Å². The number of thioether (sulfide) groups is 1. The summed E-state index contributed by atoms with van der Waals surface area (Å²) in [5, 5.41) is 0. The van der Waals surface area contributed by atoms with Crippen LogP contribution >= 0.6 is 11.8 Å². The van der Waals surface area contributed by atoms with Crippen molar-refractivity contribution in [3.05, 3.63) is 47.5 Å². The minimum atomic E-state index is -1.23. The van der Waals surface area contributed by atoms with Crippen LogP contribution in [0.1, 0.15) is 32.6 Å². The lowest BCUT2D eigenvalue weighted by atomic mass is 10.0. The molecule has 3 rings (SSSR count). The van der Waals surface area contributed by atoms with Crippen LogP contribution in [0.5, 0.6) is 5.75 Å². The molecule has 0 heterocycles. The lowest BCUT2D eigenvalue weighted by Crippen LogP contribution is -2.12. The molecule has 0 unspecified atom stereocenters. The molecular formula is C19H18F4OS. The van der Waals surface area contributed by atoms with E-state index < -0.39 is 23.3 Å². The molecule has 1 saturated carbocycles. The van der Waals surface area contributed by atoms with Gasteiger partial charge >= 0.3 is 0 Å². The molecule has 1 nitrogen and oxygen atoms in total. The zero-order chi connectivity index (χ0) is 18.0. The summed E-state index contributed by atoms with van der Waals surface area (Å²) in [5.41, 5.74) is -0.623. The van der Waals surface area contributed by atoms with E-state index in [0.717, 1.165) is 37.4 Å². The zero-order valence-corrected chi connectivity index (χ0v) is 14.6. The maximum Gasteiger partial charge on any atom is 0.201 e. The van der Waals surface area contributed by atoms with Gasteiger partial charge in [-0.2, -0.15) is 4.39 Å². The molecule has 25 heavy (non-hydrogen) atoms. The molecule has 1 fully saturated rings. The first-order valence-corrected chi connectivity index (χ1v) is 9.27. The van der Waals surface area contributed by atoms with E-state index in [1.165, 1.54) is 24.3 Å². The van der Waals surface area contributed by atoms with Crippen LogP contribution in [0.2, 0.25) is 0 Å². The molecule has 0 amide bonds. The molecule has 2 aromatic rings. The van der Waals surface area contributed by atoms with Gasteiger partial charge in [-0.1, -0.05) is 6.92 Å². The molecule has 134 valence electrons. The van der Waals surface area contributed by atoms with Gasteiger partial charge in [-0.3, -0.25) is 0 Å². The lowest BCUT2D eigenvalue weighted by Gasteiger charge is -2.15. The molecular weight excluding hydrogens is 352 g/mol. The SMILES string of the molecule is CCSc1ccc(-c2ccc(OC3CCCC3)c(F)c2F)c(F)c1F. The molecule has 1 aliphatic carbocycles. The van der Waals surface area contributed by atoms with Gasteiger partial charge in [-0.05, 0) is 55.7 Å². The molecule has 0 aromatic heterocycles. The fourth-order valence-electron chi connectivity index (χ4n) is 3.02. The van der Waals surface area contributed by atoms with Crippen LogP contribution < -0.4 is 4.74 Å². The maximum atomic E-state index is 14.4. The van der Waals surface area contributed by atoms with Gasteiger partial charge in [0, 0.05) is 16.0 Å². The Labute approximate surface area is 148 Å². The first-order valence-electron chi connectivity index (χ1n) is 8.28. The maximum absolute atomic E-state index is 14.4. The van der Waals surface area contributed by atoms with Crippen molar-refractivity contribution in [2.75, 3.05) is 5.75 Å². The minimum absolute atomic E-state index is 0.126. The average Bonchev–Trinajstić information content (AvgIpc) is 3.11. The molecule has 0 saturated heterocycles. The Bertz CT molecular complexity index is 773. The molecule has 0 bridgehead atoms. The summed E-state index contributed by atoms with van der Waals surface area (Å²) in [6.45, 7) is 1.81. The highest BCUT2D eigenvalue weighted by Gasteiger charge is 2.23. The van der Waals surface area contributed by atoms with Crippen molar-refractivity contribution in [2.45, 2.75) is 43.6 Å². The van der Waals surface area contributed by atoms with Gasteiger partial charge in [0.25, 0.3) is 0 Å². The van der Waals surface area contributed by atoms with E-state index in [1.807, 2.05) is 6.92 Å². The second kappa shape index (κ2) is 7.68. The molecule has 6 heteroatoms. The molecule has 0 atom stereocenters. The molecule has 1 aliphatic rings. The van der Waals surface area contributed by atoms with Crippen molar-refractivity contribution in [3.8, 4) is 16.9 Å². The van der Waals surface area contributed by atoms with Gasteiger partial charge in [-0.15, -0.1) is 11.8 Å². The normalized spacial score (nSPS) is 14.9. The molecule has 0 radical (unpaired) electrons. The molecule has 0 aliphatic heterocycles. The molecule has 0 spiro atoms. The van der Waals surface area contributed by atoms with Gasteiger partial charge in [-0.25, -0.2) is 13.2 Å². The van der Waals surface area contributed by atoms with E-state index in [1.54, 1.807) is 0 Å². The Morgan fingerprint density at radius 2 is 1.48 bits per heavy atom. The van der Waals surface area contributed by atoms with Crippen molar-refractivity contribution in [1.82, 2.24) is 0 Å². The van der Waals surface area contributed by atoms with Gasteiger partial charge in [0.05, 0.1) is 6.10 Å².